The number of nitrogens with one attached hydrogen (secondary N) is 2. The third kappa shape index (κ3) is 4.72. The number of benzene rings is 2. The number of hydrogen-bond acceptors (Lipinski definition) is 5. The predicted molar refractivity (Wildman–Crippen MR) is 111 cm³/mol. The van der Waals surface area contributed by atoms with E-state index in [0.29, 0.717) is 27.9 Å². The topological polar surface area (TPSA) is 84.0 Å². The van der Waals surface area contributed by atoms with Gasteiger partial charge in [0.15, 0.2) is 5.78 Å². The van der Waals surface area contributed by atoms with Crippen molar-refractivity contribution in [1.29, 1.82) is 0 Å². The van der Waals surface area contributed by atoms with E-state index >= 15 is 0 Å². The number of carbonyl (C=O) groups excluding carboxylic acids is 2. The number of aromatic nitrogens is 2. The summed E-state index contributed by atoms with van der Waals surface area (Å²) in [6.45, 7) is 5.20. The van der Waals surface area contributed by atoms with Crippen LogP contribution in [0.15, 0.2) is 48.5 Å². The molecule has 0 aliphatic carbocycles. The SMILES string of the molecule is CC(=O)c1ccc(NC(=O)c2cc(C)nc(Nc3ccc(Cl)cc3C)n2)cc1. The minimum Gasteiger partial charge on any atom is -0.324 e. The van der Waals surface area contributed by atoms with Gasteiger partial charge in [-0.25, -0.2) is 9.97 Å². The second-order valence-electron chi connectivity index (χ2n) is 6.39. The molecule has 142 valence electrons. The molecule has 6 nitrogen and oxygen atoms in total. The van der Waals surface area contributed by atoms with Crippen molar-refractivity contribution in [2.75, 3.05) is 10.6 Å². The summed E-state index contributed by atoms with van der Waals surface area (Å²) in [7, 11) is 0. The Kier molecular flexibility index (Phi) is 5.70. The number of rotatable bonds is 5. The summed E-state index contributed by atoms with van der Waals surface area (Å²) in [6.07, 6.45) is 0. The van der Waals surface area contributed by atoms with Crippen molar-refractivity contribution in [2.45, 2.75) is 20.8 Å². The van der Waals surface area contributed by atoms with Gasteiger partial charge in [0.05, 0.1) is 0 Å². The van der Waals surface area contributed by atoms with Gasteiger partial charge in [0, 0.05) is 27.7 Å². The van der Waals surface area contributed by atoms with Crippen LogP contribution in [0, 0.1) is 13.8 Å². The molecule has 3 rings (SSSR count). The Morgan fingerprint density at radius 1 is 0.964 bits per heavy atom. The molecule has 0 bridgehead atoms. The molecule has 7 heteroatoms. The van der Waals surface area contributed by atoms with Crippen LogP contribution in [-0.4, -0.2) is 21.7 Å². The molecular formula is C21H19ClN4O2. The molecule has 0 spiro atoms. The average molecular weight is 395 g/mol. The van der Waals surface area contributed by atoms with Crippen molar-refractivity contribution in [2.24, 2.45) is 0 Å². The third-order valence-corrected chi connectivity index (χ3v) is 4.31. The van der Waals surface area contributed by atoms with E-state index in [4.69, 9.17) is 11.6 Å². The largest absolute Gasteiger partial charge is 0.324 e. The lowest BCUT2D eigenvalue weighted by atomic mass is 10.1. The number of carbonyl (C=O) groups is 2. The number of nitrogens with zero attached hydrogens (tertiary/aromatic N) is 2. The highest BCUT2D eigenvalue weighted by Gasteiger charge is 2.12. The first-order valence-electron chi connectivity index (χ1n) is 8.63. The van der Waals surface area contributed by atoms with Gasteiger partial charge in [0.2, 0.25) is 5.95 Å². The third-order valence-electron chi connectivity index (χ3n) is 4.07. The molecule has 0 saturated heterocycles. The van der Waals surface area contributed by atoms with Crippen LogP contribution in [0.2, 0.25) is 5.02 Å². The molecular weight excluding hydrogens is 376 g/mol. The number of anilines is 3. The fourth-order valence-electron chi connectivity index (χ4n) is 2.61. The summed E-state index contributed by atoms with van der Waals surface area (Å²) in [5.74, 6) is -0.0723. The summed E-state index contributed by atoms with van der Waals surface area (Å²) < 4.78 is 0. The normalized spacial score (nSPS) is 10.4. The molecule has 3 aromatic rings. The lowest BCUT2D eigenvalue weighted by Crippen LogP contribution is -2.15. The van der Waals surface area contributed by atoms with Crippen molar-refractivity contribution >= 4 is 40.6 Å². The van der Waals surface area contributed by atoms with E-state index in [2.05, 4.69) is 20.6 Å². The molecule has 1 aromatic heterocycles. The molecule has 0 unspecified atom stereocenters. The molecule has 0 radical (unpaired) electrons. The molecule has 28 heavy (non-hydrogen) atoms. The molecule has 2 N–H and O–H groups in total. The van der Waals surface area contributed by atoms with Crippen molar-refractivity contribution in [1.82, 2.24) is 9.97 Å². The first kappa shape index (κ1) is 19.5. The Balaban J connectivity index is 1.80. The number of halogens is 1. The maximum Gasteiger partial charge on any atom is 0.274 e. The van der Waals surface area contributed by atoms with E-state index in [-0.39, 0.29) is 17.4 Å². The van der Waals surface area contributed by atoms with Crippen molar-refractivity contribution in [3.05, 3.63) is 76.1 Å². The van der Waals surface area contributed by atoms with Crippen LogP contribution in [0.3, 0.4) is 0 Å². The first-order chi connectivity index (χ1) is 13.3. The van der Waals surface area contributed by atoms with Crippen LogP contribution < -0.4 is 10.6 Å². The summed E-state index contributed by atoms with van der Waals surface area (Å²) in [4.78, 5) is 32.6. The van der Waals surface area contributed by atoms with Gasteiger partial charge in [-0.1, -0.05) is 11.6 Å². The van der Waals surface area contributed by atoms with E-state index in [9.17, 15) is 9.59 Å². The fraction of sp³-hybridized carbons (Fsp3) is 0.143. The maximum atomic E-state index is 12.6. The predicted octanol–water partition coefficient (Wildman–Crippen LogP) is 4.95. The molecule has 1 amide bonds. The van der Waals surface area contributed by atoms with Gasteiger partial charge in [-0.05, 0) is 74.9 Å². The fourth-order valence-corrected chi connectivity index (χ4v) is 2.84. The molecule has 0 aliphatic rings. The highest BCUT2D eigenvalue weighted by atomic mass is 35.5. The highest BCUT2D eigenvalue weighted by molar-refractivity contribution is 6.30. The van der Waals surface area contributed by atoms with E-state index < -0.39 is 0 Å². The molecule has 0 aliphatic heterocycles. The summed E-state index contributed by atoms with van der Waals surface area (Å²) in [5.41, 5.74) is 3.80. The molecule has 0 atom stereocenters. The molecule has 0 fully saturated rings. The average Bonchev–Trinajstić information content (AvgIpc) is 2.64. The Morgan fingerprint density at radius 3 is 2.32 bits per heavy atom. The molecule has 2 aromatic carbocycles. The minimum atomic E-state index is -0.364. The Hall–Kier alpha value is -3.25. The Bertz CT molecular complexity index is 1050. The van der Waals surface area contributed by atoms with Crippen LogP contribution in [0.5, 0.6) is 0 Å². The summed E-state index contributed by atoms with van der Waals surface area (Å²) in [5, 5.41) is 6.54. The number of aryl methyl sites for hydroxylation is 2. The lowest BCUT2D eigenvalue weighted by molar-refractivity contribution is 0.101. The van der Waals surface area contributed by atoms with Crippen LogP contribution >= 0.6 is 11.6 Å². The van der Waals surface area contributed by atoms with E-state index in [0.717, 1.165) is 11.3 Å². The number of amides is 1. The van der Waals surface area contributed by atoms with Gasteiger partial charge in [-0.15, -0.1) is 0 Å². The van der Waals surface area contributed by atoms with E-state index in [1.165, 1.54) is 6.92 Å². The zero-order chi connectivity index (χ0) is 20.3. The number of ketones is 1. The van der Waals surface area contributed by atoms with Crippen molar-refractivity contribution in [3.8, 4) is 0 Å². The number of hydrogen-bond donors (Lipinski definition) is 2. The first-order valence-corrected chi connectivity index (χ1v) is 9.01. The van der Waals surface area contributed by atoms with Crippen LogP contribution in [0.1, 0.15) is 39.0 Å². The zero-order valence-electron chi connectivity index (χ0n) is 15.7. The Morgan fingerprint density at radius 2 is 1.68 bits per heavy atom. The summed E-state index contributed by atoms with van der Waals surface area (Å²) >= 11 is 5.99. The number of Topliss-reactive ketones (excluding diaryl/α,β-unsaturated/α-hetero) is 1. The van der Waals surface area contributed by atoms with Gasteiger partial charge >= 0.3 is 0 Å². The van der Waals surface area contributed by atoms with Crippen LogP contribution in [0.25, 0.3) is 0 Å². The van der Waals surface area contributed by atoms with Crippen molar-refractivity contribution in [3.63, 3.8) is 0 Å². The van der Waals surface area contributed by atoms with Gasteiger partial charge in [0.25, 0.3) is 5.91 Å². The molecule has 0 saturated carbocycles. The van der Waals surface area contributed by atoms with Crippen LogP contribution in [0.4, 0.5) is 17.3 Å². The maximum absolute atomic E-state index is 12.6. The quantitative estimate of drug-likeness (QED) is 0.598. The van der Waals surface area contributed by atoms with Crippen molar-refractivity contribution < 1.29 is 9.59 Å². The zero-order valence-corrected chi connectivity index (χ0v) is 16.5. The van der Waals surface area contributed by atoms with Gasteiger partial charge < -0.3 is 10.6 Å². The lowest BCUT2D eigenvalue weighted by Gasteiger charge is -2.11. The van der Waals surface area contributed by atoms with Gasteiger partial charge in [-0.2, -0.15) is 0 Å². The summed E-state index contributed by atoms with van der Waals surface area (Å²) in [6, 6.07) is 13.7. The smallest absolute Gasteiger partial charge is 0.274 e. The van der Waals surface area contributed by atoms with E-state index in [1.54, 1.807) is 43.3 Å². The van der Waals surface area contributed by atoms with E-state index in [1.807, 2.05) is 19.1 Å². The Labute approximate surface area is 168 Å². The minimum absolute atomic E-state index is 0.0301. The highest BCUT2D eigenvalue weighted by Crippen LogP contribution is 2.22. The monoisotopic (exact) mass is 394 g/mol. The standard InChI is InChI=1S/C21H19ClN4O2/c1-12-10-16(22)6-9-18(12)25-21-23-13(2)11-19(26-21)20(28)24-17-7-4-15(5-8-17)14(3)27/h4-11H,1-3H3,(H,24,28)(H,23,25,26). The van der Waals surface area contributed by atoms with Gasteiger partial charge in [-0.3, -0.25) is 9.59 Å². The van der Waals surface area contributed by atoms with Crippen LogP contribution in [-0.2, 0) is 0 Å². The second-order valence-corrected chi connectivity index (χ2v) is 6.83. The second kappa shape index (κ2) is 8.19. The van der Waals surface area contributed by atoms with Gasteiger partial charge in [0.1, 0.15) is 5.69 Å². The molecule has 1 heterocycles.